The summed E-state index contributed by atoms with van der Waals surface area (Å²) >= 11 is 0. The number of aromatic nitrogens is 2. The summed E-state index contributed by atoms with van der Waals surface area (Å²) in [7, 11) is 0. The predicted octanol–water partition coefficient (Wildman–Crippen LogP) is 2.55. The average Bonchev–Trinajstić information content (AvgIpc) is 2.57. The van der Waals surface area contributed by atoms with Crippen LogP contribution in [-0.2, 0) is 11.2 Å². The number of aryl methyl sites for hydroxylation is 1. The number of nitrogens with zero attached hydrogens (tertiary/aromatic N) is 2. The monoisotopic (exact) mass is 232 g/mol. The first kappa shape index (κ1) is 11.6. The molecule has 0 radical (unpaired) electrons. The smallest absolute Gasteiger partial charge is 0.307 e. The van der Waals surface area contributed by atoms with E-state index in [9.17, 15) is 4.79 Å². The minimum atomic E-state index is -0.825. The molecule has 2 aromatic rings. The van der Waals surface area contributed by atoms with E-state index >= 15 is 0 Å². The first-order valence-electron chi connectivity index (χ1n) is 5.69. The van der Waals surface area contributed by atoms with Gasteiger partial charge in [-0.05, 0) is 26.3 Å². The highest BCUT2D eigenvalue weighted by molar-refractivity contribution is 5.87. The normalized spacial score (nSPS) is 11.3. The number of hydrogen-bond donors (Lipinski definition) is 1. The minimum absolute atomic E-state index is 0.0197. The molecule has 0 bridgehead atoms. The quantitative estimate of drug-likeness (QED) is 0.884. The average molecular weight is 232 g/mol. The topological polar surface area (TPSA) is 55.1 Å². The zero-order valence-electron chi connectivity index (χ0n) is 10.3. The van der Waals surface area contributed by atoms with Crippen molar-refractivity contribution in [2.75, 3.05) is 0 Å². The molecular formula is C13H16N2O2. The largest absolute Gasteiger partial charge is 0.481 e. The molecule has 17 heavy (non-hydrogen) atoms. The Kier molecular flexibility index (Phi) is 2.88. The number of benzene rings is 1. The Morgan fingerprint density at radius 2 is 2.18 bits per heavy atom. The summed E-state index contributed by atoms with van der Waals surface area (Å²) in [5, 5.41) is 14.4. The maximum atomic E-state index is 10.8. The van der Waals surface area contributed by atoms with Crippen molar-refractivity contribution < 1.29 is 9.90 Å². The lowest BCUT2D eigenvalue weighted by molar-refractivity contribution is -0.136. The summed E-state index contributed by atoms with van der Waals surface area (Å²) in [6, 6.07) is 5.98. The van der Waals surface area contributed by atoms with E-state index in [1.165, 1.54) is 0 Å². The Hall–Kier alpha value is -1.84. The van der Waals surface area contributed by atoms with Crippen LogP contribution in [0.5, 0.6) is 0 Å². The van der Waals surface area contributed by atoms with Crippen LogP contribution >= 0.6 is 0 Å². The van der Waals surface area contributed by atoms with Crippen LogP contribution in [0.15, 0.2) is 18.2 Å². The number of carbonyl (C=O) groups is 1. The Labute approximate surface area is 99.9 Å². The van der Waals surface area contributed by atoms with Gasteiger partial charge >= 0.3 is 5.97 Å². The molecule has 1 heterocycles. The molecule has 0 aliphatic heterocycles. The molecule has 0 atom stereocenters. The standard InChI is InChI=1S/C13H16N2O2/c1-8(2)15-9(3)11-6-4-5-10(7-12(16)17)13(11)14-15/h4-6,8H,7H2,1-3H3,(H,16,17). The maximum absolute atomic E-state index is 10.8. The molecule has 2 rings (SSSR count). The van der Waals surface area contributed by atoms with Gasteiger partial charge in [0.2, 0.25) is 0 Å². The highest BCUT2D eigenvalue weighted by Crippen LogP contribution is 2.23. The van der Waals surface area contributed by atoms with E-state index < -0.39 is 5.97 Å². The predicted molar refractivity (Wildman–Crippen MR) is 66.2 cm³/mol. The third kappa shape index (κ3) is 2.02. The molecule has 0 fully saturated rings. The summed E-state index contributed by atoms with van der Waals surface area (Å²) in [4.78, 5) is 10.8. The van der Waals surface area contributed by atoms with Gasteiger partial charge in [0.15, 0.2) is 0 Å². The zero-order chi connectivity index (χ0) is 12.6. The molecule has 1 N–H and O–H groups in total. The van der Waals surface area contributed by atoms with Gasteiger partial charge in [0.05, 0.1) is 11.9 Å². The highest BCUT2D eigenvalue weighted by Gasteiger charge is 2.13. The second-order valence-electron chi connectivity index (χ2n) is 4.51. The van der Waals surface area contributed by atoms with Crippen LogP contribution < -0.4 is 0 Å². The first-order chi connectivity index (χ1) is 8.00. The molecule has 4 heteroatoms. The lowest BCUT2D eigenvalue weighted by Crippen LogP contribution is -2.04. The van der Waals surface area contributed by atoms with E-state index in [4.69, 9.17) is 5.11 Å². The summed E-state index contributed by atoms with van der Waals surface area (Å²) in [6.07, 6.45) is 0.0197. The second-order valence-corrected chi connectivity index (χ2v) is 4.51. The number of carboxylic acids is 1. The van der Waals surface area contributed by atoms with Gasteiger partial charge in [-0.3, -0.25) is 9.48 Å². The molecule has 4 nitrogen and oxygen atoms in total. The number of carboxylic acid groups (broad SMARTS) is 1. The zero-order valence-corrected chi connectivity index (χ0v) is 10.3. The SMILES string of the molecule is Cc1c2cccc(CC(=O)O)c2nn1C(C)C. The number of rotatable bonds is 3. The molecule has 0 saturated carbocycles. The van der Waals surface area contributed by atoms with Crippen molar-refractivity contribution in [1.29, 1.82) is 0 Å². The molecule has 90 valence electrons. The van der Waals surface area contributed by atoms with Crippen LogP contribution in [0.3, 0.4) is 0 Å². The summed E-state index contributed by atoms with van der Waals surface area (Å²) in [6.45, 7) is 6.14. The van der Waals surface area contributed by atoms with Crippen LogP contribution in [0.2, 0.25) is 0 Å². The number of hydrogen-bond acceptors (Lipinski definition) is 2. The van der Waals surface area contributed by atoms with Crippen LogP contribution in [-0.4, -0.2) is 20.9 Å². The number of fused-ring (bicyclic) bond motifs is 1. The Balaban J connectivity index is 2.64. The van der Waals surface area contributed by atoms with Crippen molar-refractivity contribution in [3.05, 3.63) is 29.5 Å². The van der Waals surface area contributed by atoms with E-state index in [-0.39, 0.29) is 12.5 Å². The van der Waals surface area contributed by atoms with Gasteiger partial charge in [0, 0.05) is 17.1 Å². The van der Waals surface area contributed by atoms with Crippen molar-refractivity contribution in [2.24, 2.45) is 0 Å². The van der Waals surface area contributed by atoms with Gasteiger partial charge in [0.1, 0.15) is 0 Å². The molecule has 0 aliphatic carbocycles. The third-order valence-corrected chi connectivity index (χ3v) is 2.89. The first-order valence-corrected chi connectivity index (χ1v) is 5.69. The maximum Gasteiger partial charge on any atom is 0.307 e. The van der Waals surface area contributed by atoms with E-state index in [1.54, 1.807) is 0 Å². The Bertz CT molecular complexity index is 570. The Morgan fingerprint density at radius 3 is 2.76 bits per heavy atom. The molecule has 0 spiro atoms. The van der Waals surface area contributed by atoms with E-state index in [1.807, 2.05) is 29.8 Å². The van der Waals surface area contributed by atoms with Crippen molar-refractivity contribution in [2.45, 2.75) is 33.2 Å². The lowest BCUT2D eigenvalue weighted by Gasteiger charge is -2.06. The fourth-order valence-electron chi connectivity index (χ4n) is 2.12. The molecule has 0 amide bonds. The second kappa shape index (κ2) is 4.20. The fraction of sp³-hybridized carbons (Fsp3) is 0.385. The molecular weight excluding hydrogens is 216 g/mol. The van der Waals surface area contributed by atoms with E-state index in [0.717, 1.165) is 22.2 Å². The summed E-state index contributed by atoms with van der Waals surface area (Å²) in [5.41, 5.74) is 2.67. The lowest BCUT2D eigenvalue weighted by atomic mass is 10.1. The van der Waals surface area contributed by atoms with Crippen molar-refractivity contribution in [3.63, 3.8) is 0 Å². The van der Waals surface area contributed by atoms with Crippen molar-refractivity contribution in [3.8, 4) is 0 Å². The van der Waals surface area contributed by atoms with Crippen LogP contribution in [0.4, 0.5) is 0 Å². The van der Waals surface area contributed by atoms with Gasteiger partial charge in [-0.2, -0.15) is 5.10 Å². The Morgan fingerprint density at radius 1 is 1.47 bits per heavy atom. The van der Waals surface area contributed by atoms with Crippen LogP contribution in [0, 0.1) is 6.92 Å². The molecule has 0 aliphatic rings. The van der Waals surface area contributed by atoms with Crippen molar-refractivity contribution in [1.82, 2.24) is 9.78 Å². The number of aliphatic carboxylic acids is 1. The van der Waals surface area contributed by atoms with E-state index in [0.29, 0.717) is 0 Å². The van der Waals surface area contributed by atoms with Gasteiger partial charge in [-0.1, -0.05) is 18.2 Å². The van der Waals surface area contributed by atoms with Gasteiger partial charge in [0.25, 0.3) is 0 Å². The van der Waals surface area contributed by atoms with Gasteiger partial charge < -0.3 is 5.11 Å². The molecule has 1 aromatic heterocycles. The summed E-state index contributed by atoms with van der Waals surface area (Å²) in [5.74, 6) is -0.825. The molecule has 1 aromatic carbocycles. The van der Waals surface area contributed by atoms with Crippen LogP contribution in [0.25, 0.3) is 10.9 Å². The van der Waals surface area contributed by atoms with Crippen molar-refractivity contribution >= 4 is 16.9 Å². The third-order valence-electron chi connectivity index (χ3n) is 2.89. The minimum Gasteiger partial charge on any atom is -0.481 e. The molecule has 0 unspecified atom stereocenters. The summed E-state index contributed by atoms with van der Waals surface area (Å²) < 4.78 is 1.94. The fourth-order valence-corrected chi connectivity index (χ4v) is 2.12. The van der Waals surface area contributed by atoms with E-state index in [2.05, 4.69) is 18.9 Å². The van der Waals surface area contributed by atoms with Gasteiger partial charge in [-0.25, -0.2) is 0 Å². The van der Waals surface area contributed by atoms with Gasteiger partial charge in [-0.15, -0.1) is 0 Å². The molecule has 0 saturated heterocycles. The highest BCUT2D eigenvalue weighted by atomic mass is 16.4. The van der Waals surface area contributed by atoms with Crippen LogP contribution in [0.1, 0.15) is 31.1 Å².